The first-order chi connectivity index (χ1) is 12.0. The molecule has 0 saturated carbocycles. The Bertz CT molecular complexity index is 769. The quantitative estimate of drug-likeness (QED) is 0.772. The minimum atomic E-state index is -0.543. The van der Waals surface area contributed by atoms with Gasteiger partial charge in [0.2, 0.25) is 0 Å². The monoisotopic (exact) mass is 362 g/mol. The SMILES string of the molecule is Cn1cc(C(=O)OCC(=O)N2CCN(c3cccc(Cl)c3)CC2)cn1. The van der Waals surface area contributed by atoms with Gasteiger partial charge in [-0.2, -0.15) is 5.10 Å². The third kappa shape index (κ3) is 4.30. The summed E-state index contributed by atoms with van der Waals surface area (Å²) in [5.41, 5.74) is 1.38. The number of piperazine rings is 1. The zero-order valence-corrected chi connectivity index (χ0v) is 14.6. The number of amides is 1. The van der Waals surface area contributed by atoms with E-state index in [4.69, 9.17) is 16.3 Å². The largest absolute Gasteiger partial charge is 0.452 e. The summed E-state index contributed by atoms with van der Waals surface area (Å²) in [7, 11) is 1.71. The molecule has 0 spiro atoms. The Hall–Kier alpha value is -2.54. The third-order valence-corrected chi connectivity index (χ3v) is 4.31. The van der Waals surface area contributed by atoms with Gasteiger partial charge in [-0.3, -0.25) is 9.48 Å². The van der Waals surface area contributed by atoms with Crippen LogP contribution in [0.1, 0.15) is 10.4 Å². The van der Waals surface area contributed by atoms with Crippen LogP contribution in [0.25, 0.3) is 0 Å². The van der Waals surface area contributed by atoms with E-state index in [1.165, 1.54) is 10.9 Å². The molecule has 25 heavy (non-hydrogen) atoms. The number of ether oxygens (including phenoxy) is 1. The van der Waals surface area contributed by atoms with E-state index in [-0.39, 0.29) is 12.5 Å². The van der Waals surface area contributed by atoms with Gasteiger partial charge in [0.1, 0.15) is 0 Å². The molecule has 2 aromatic rings. The van der Waals surface area contributed by atoms with Crippen molar-refractivity contribution >= 4 is 29.2 Å². The van der Waals surface area contributed by atoms with E-state index < -0.39 is 5.97 Å². The number of carbonyl (C=O) groups is 2. The number of halogens is 1. The lowest BCUT2D eigenvalue weighted by Gasteiger charge is -2.36. The zero-order valence-electron chi connectivity index (χ0n) is 13.9. The lowest BCUT2D eigenvalue weighted by atomic mass is 10.2. The average molecular weight is 363 g/mol. The highest BCUT2D eigenvalue weighted by atomic mass is 35.5. The molecular weight excluding hydrogens is 344 g/mol. The maximum Gasteiger partial charge on any atom is 0.341 e. The Kier molecular flexibility index (Phi) is 5.23. The molecule has 1 aliphatic rings. The third-order valence-electron chi connectivity index (χ3n) is 4.07. The zero-order chi connectivity index (χ0) is 17.8. The summed E-state index contributed by atoms with van der Waals surface area (Å²) in [5, 5.41) is 4.60. The second-order valence-electron chi connectivity index (χ2n) is 5.83. The second-order valence-corrected chi connectivity index (χ2v) is 6.26. The molecule has 8 heteroatoms. The molecule has 3 rings (SSSR count). The molecule has 0 bridgehead atoms. The lowest BCUT2D eigenvalue weighted by Crippen LogP contribution is -2.49. The first-order valence-corrected chi connectivity index (χ1v) is 8.35. The summed E-state index contributed by atoms with van der Waals surface area (Å²) in [6.07, 6.45) is 2.97. The summed E-state index contributed by atoms with van der Waals surface area (Å²) in [6.45, 7) is 2.32. The summed E-state index contributed by atoms with van der Waals surface area (Å²) in [5.74, 6) is -0.734. The summed E-state index contributed by atoms with van der Waals surface area (Å²) < 4.78 is 6.58. The molecule has 1 saturated heterocycles. The van der Waals surface area contributed by atoms with Crippen molar-refractivity contribution in [1.29, 1.82) is 0 Å². The molecular formula is C17H19ClN4O3. The summed E-state index contributed by atoms with van der Waals surface area (Å²) in [4.78, 5) is 28.0. The van der Waals surface area contributed by atoms with E-state index in [2.05, 4.69) is 10.00 Å². The Balaban J connectivity index is 1.47. The number of nitrogens with zero attached hydrogens (tertiary/aromatic N) is 4. The van der Waals surface area contributed by atoms with Crippen molar-refractivity contribution in [1.82, 2.24) is 14.7 Å². The number of rotatable bonds is 4. The smallest absolute Gasteiger partial charge is 0.341 e. The topological polar surface area (TPSA) is 67.7 Å². The minimum absolute atomic E-state index is 0.192. The Labute approximate surface area is 150 Å². The van der Waals surface area contributed by atoms with Gasteiger partial charge in [0.05, 0.1) is 11.8 Å². The Morgan fingerprint density at radius 3 is 2.64 bits per heavy atom. The van der Waals surface area contributed by atoms with Crippen molar-refractivity contribution in [3.63, 3.8) is 0 Å². The molecule has 0 aliphatic carbocycles. The molecule has 0 atom stereocenters. The fourth-order valence-electron chi connectivity index (χ4n) is 2.72. The first kappa shape index (κ1) is 17.3. The van der Waals surface area contributed by atoms with Crippen LogP contribution < -0.4 is 4.90 Å². The molecule has 2 heterocycles. The number of esters is 1. The maximum atomic E-state index is 12.2. The normalized spacial score (nSPS) is 14.5. The van der Waals surface area contributed by atoms with Crippen molar-refractivity contribution in [2.24, 2.45) is 7.05 Å². The molecule has 132 valence electrons. The molecule has 1 amide bonds. The van der Waals surface area contributed by atoms with Gasteiger partial charge < -0.3 is 14.5 Å². The van der Waals surface area contributed by atoms with Crippen LogP contribution >= 0.6 is 11.6 Å². The van der Waals surface area contributed by atoms with Crippen LogP contribution in [-0.2, 0) is 16.6 Å². The van der Waals surface area contributed by atoms with E-state index in [9.17, 15) is 9.59 Å². The van der Waals surface area contributed by atoms with E-state index >= 15 is 0 Å². The van der Waals surface area contributed by atoms with Gasteiger partial charge in [0.25, 0.3) is 5.91 Å². The molecule has 1 aliphatic heterocycles. The van der Waals surface area contributed by atoms with Crippen molar-refractivity contribution in [3.8, 4) is 0 Å². The number of hydrogen-bond donors (Lipinski definition) is 0. The highest BCUT2D eigenvalue weighted by molar-refractivity contribution is 6.30. The average Bonchev–Trinajstić information content (AvgIpc) is 3.06. The lowest BCUT2D eigenvalue weighted by molar-refractivity contribution is -0.134. The van der Waals surface area contributed by atoms with Gasteiger partial charge in [0, 0.05) is 50.1 Å². The first-order valence-electron chi connectivity index (χ1n) is 7.97. The molecule has 1 aromatic carbocycles. The number of benzene rings is 1. The molecule has 0 unspecified atom stereocenters. The highest BCUT2D eigenvalue weighted by Crippen LogP contribution is 2.20. The van der Waals surface area contributed by atoms with Crippen LogP contribution in [0.15, 0.2) is 36.7 Å². The molecule has 1 fully saturated rings. The van der Waals surface area contributed by atoms with Gasteiger partial charge in [0.15, 0.2) is 6.61 Å². The van der Waals surface area contributed by atoms with Crippen LogP contribution in [0.5, 0.6) is 0 Å². The van der Waals surface area contributed by atoms with Crippen LogP contribution in [-0.4, -0.2) is 59.3 Å². The van der Waals surface area contributed by atoms with E-state index in [0.717, 1.165) is 5.69 Å². The van der Waals surface area contributed by atoms with Crippen molar-refractivity contribution in [3.05, 3.63) is 47.2 Å². The predicted octanol–water partition coefficient (Wildman–Crippen LogP) is 1.58. The van der Waals surface area contributed by atoms with E-state index in [1.807, 2.05) is 24.3 Å². The van der Waals surface area contributed by atoms with E-state index in [1.54, 1.807) is 18.1 Å². The molecule has 0 N–H and O–H groups in total. The van der Waals surface area contributed by atoms with Gasteiger partial charge in [-0.05, 0) is 18.2 Å². The standard InChI is InChI=1S/C17H19ClN4O3/c1-20-11-13(10-19-20)17(24)25-12-16(23)22-7-5-21(6-8-22)15-4-2-3-14(18)9-15/h2-4,9-11H,5-8,12H2,1H3. The Morgan fingerprint density at radius 1 is 1.24 bits per heavy atom. The van der Waals surface area contributed by atoms with Crippen molar-refractivity contribution in [2.45, 2.75) is 0 Å². The molecule has 1 aromatic heterocycles. The number of hydrogen-bond acceptors (Lipinski definition) is 5. The predicted molar refractivity (Wildman–Crippen MR) is 93.7 cm³/mol. The van der Waals surface area contributed by atoms with Crippen LogP contribution in [0.3, 0.4) is 0 Å². The highest BCUT2D eigenvalue weighted by Gasteiger charge is 2.22. The Morgan fingerprint density at radius 2 is 2.00 bits per heavy atom. The van der Waals surface area contributed by atoms with Crippen LogP contribution in [0, 0.1) is 0 Å². The number of carbonyl (C=O) groups excluding carboxylic acids is 2. The molecule has 0 radical (unpaired) electrons. The fourth-order valence-corrected chi connectivity index (χ4v) is 2.90. The maximum absolute atomic E-state index is 12.2. The van der Waals surface area contributed by atoms with Crippen LogP contribution in [0.2, 0.25) is 5.02 Å². The van der Waals surface area contributed by atoms with Crippen molar-refractivity contribution < 1.29 is 14.3 Å². The van der Waals surface area contributed by atoms with Crippen molar-refractivity contribution in [2.75, 3.05) is 37.7 Å². The van der Waals surface area contributed by atoms with Crippen LogP contribution in [0.4, 0.5) is 5.69 Å². The number of aromatic nitrogens is 2. The number of anilines is 1. The fraction of sp³-hybridized carbons (Fsp3) is 0.353. The van der Waals surface area contributed by atoms with Gasteiger partial charge in [-0.25, -0.2) is 4.79 Å². The molecule has 7 nitrogen and oxygen atoms in total. The summed E-state index contributed by atoms with van der Waals surface area (Å²) >= 11 is 6.02. The van der Waals surface area contributed by atoms with Gasteiger partial charge >= 0.3 is 5.97 Å². The number of aryl methyl sites for hydroxylation is 1. The van der Waals surface area contributed by atoms with Gasteiger partial charge in [-0.1, -0.05) is 17.7 Å². The second kappa shape index (κ2) is 7.57. The minimum Gasteiger partial charge on any atom is -0.452 e. The summed E-state index contributed by atoms with van der Waals surface area (Å²) in [6, 6.07) is 7.66. The van der Waals surface area contributed by atoms with Gasteiger partial charge in [-0.15, -0.1) is 0 Å². The van der Waals surface area contributed by atoms with E-state index in [0.29, 0.717) is 36.8 Å².